The van der Waals surface area contributed by atoms with Crippen LogP contribution in [0, 0.1) is 0 Å². The van der Waals surface area contributed by atoms with E-state index in [4.69, 9.17) is 11.6 Å². The first kappa shape index (κ1) is 11.6. The van der Waals surface area contributed by atoms with Gasteiger partial charge < -0.3 is 0 Å². The maximum atomic E-state index is 11.8. The van der Waals surface area contributed by atoms with Gasteiger partial charge in [0, 0.05) is 16.0 Å². The van der Waals surface area contributed by atoms with Crippen LogP contribution in [-0.4, -0.2) is 10.9 Å². The number of nitrogens with one attached hydrogen (secondary N) is 1. The first-order valence-electron chi connectivity index (χ1n) is 4.33. The van der Waals surface area contributed by atoms with E-state index in [0.29, 0.717) is 20.2 Å². The highest BCUT2D eigenvalue weighted by Gasteiger charge is 2.13. The van der Waals surface area contributed by atoms with Crippen molar-refractivity contribution >= 4 is 49.9 Å². The van der Waals surface area contributed by atoms with Crippen LogP contribution in [0.25, 0.3) is 0 Å². The summed E-state index contributed by atoms with van der Waals surface area (Å²) in [5, 5.41) is 5.42. The molecule has 0 saturated heterocycles. The van der Waals surface area contributed by atoms with Crippen molar-refractivity contribution in [3.8, 4) is 0 Å². The molecule has 0 radical (unpaired) electrons. The van der Waals surface area contributed by atoms with Gasteiger partial charge in [0.05, 0.1) is 10.6 Å². The molecule has 2 aromatic rings. The van der Waals surface area contributed by atoms with Crippen molar-refractivity contribution in [1.29, 1.82) is 0 Å². The van der Waals surface area contributed by atoms with Crippen LogP contribution in [0.4, 0.5) is 5.13 Å². The highest BCUT2D eigenvalue weighted by atomic mass is 79.9. The van der Waals surface area contributed by atoms with Crippen LogP contribution >= 0.6 is 38.9 Å². The highest BCUT2D eigenvalue weighted by Crippen LogP contribution is 2.26. The zero-order valence-electron chi connectivity index (χ0n) is 7.91. The Morgan fingerprint density at radius 1 is 1.50 bits per heavy atom. The number of amides is 1. The van der Waals surface area contributed by atoms with Crippen molar-refractivity contribution in [2.24, 2.45) is 0 Å². The third-order valence-electron chi connectivity index (χ3n) is 1.85. The average Bonchev–Trinajstić information content (AvgIpc) is 2.74. The minimum Gasteiger partial charge on any atom is -0.298 e. The summed E-state index contributed by atoms with van der Waals surface area (Å²) in [6.45, 7) is 0. The largest absolute Gasteiger partial charge is 0.298 e. The van der Waals surface area contributed by atoms with E-state index in [1.165, 1.54) is 11.3 Å². The van der Waals surface area contributed by atoms with Crippen LogP contribution in [0.3, 0.4) is 0 Å². The molecule has 1 heterocycles. The van der Waals surface area contributed by atoms with E-state index in [1.54, 1.807) is 29.8 Å². The van der Waals surface area contributed by atoms with Crippen LogP contribution in [0.2, 0.25) is 5.02 Å². The zero-order chi connectivity index (χ0) is 11.5. The van der Waals surface area contributed by atoms with E-state index in [-0.39, 0.29) is 5.91 Å². The summed E-state index contributed by atoms with van der Waals surface area (Å²) in [4.78, 5) is 15.8. The third kappa shape index (κ3) is 2.42. The second-order valence-corrected chi connectivity index (χ2v) is 5.02. The van der Waals surface area contributed by atoms with Crippen molar-refractivity contribution in [3.05, 3.63) is 44.8 Å². The Morgan fingerprint density at radius 2 is 2.31 bits per heavy atom. The Balaban J connectivity index is 2.24. The maximum absolute atomic E-state index is 11.8. The summed E-state index contributed by atoms with van der Waals surface area (Å²) in [6.07, 6.45) is 1.63. The fourth-order valence-corrected chi connectivity index (χ4v) is 2.23. The standard InChI is InChI=1S/C10H6BrClN2OS/c11-7-3-1-2-6(8(7)12)9(15)14-10-13-4-5-16-10/h1-5H,(H,13,14,15). The molecule has 2 rings (SSSR count). The molecule has 0 fully saturated rings. The van der Waals surface area contributed by atoms with Gasteiger partial charge in [0.25, 0.3) is 5.91 Å². The molecule has 1 aromatic heterocycles. The lowest BCUT2D eigenvalue weighted by atomic mass is 10.2. The van der Waals surface area contributed by atoms with Gasteiger partial charge >= 0.3 is 0 Å². The van der Waals surface area contributed by atoms with Gasteiger partial charge in [0.1, 0.15) is 0 Å². The predicted molar refractivity (Wildman–Crippen MR) is 69.2 cm³/mol. The monoisotopic (exact) mass is 316 g/mol. The van der Waals surface area contributed by atoms with E-state index < -0.39 is 0 Å². The molecular weight excluding hydrogens is 312 g/mol. The number of benzene rings is 1. The number of rotatable bonds is 2. The fraction of sp³-hybridized carbons (Fsp3) is 0. The zero-order valence-corrected chi connectivity index (χ0v) is 11.1. The Labute approximate surface area is 110 Å². The van der Waals surface area contributed by atoms with E-state index in [2.05, 4.69) is 26.2 Å². The van der Waals surface area contributed by atoms with Gasteiger partial charge in [-0.25, -0.2) is 4.98 Å². The van der Waals surface area contributed by atoms with Gasteiger partial charge in [-0.2, -0.15) is 0 Å². The topological polar surface area (TPSA) is 42.0 Å². The van der Waals surface area contributed by atoms with Gasteiger partial charge in [-0.05, 0) is 28.1 Å². The fourth-order valence-electron chi connectivity index (χ4n) is 1.13. The van der Waals surface area contributed by atoms with Gasteiger partial charge in [-0.15, -0.1) is 11.3 Å². The van der Waals surface area contributed by atoms with Crippen LogP contribution in [0.15, 0.2) is 34.2 Å². The molecule has 1 aromatic carbocycles. The van der Waals surface area contributed by atoms with Gasteiger partial charge in [0.15, 0.2) is 5.13 Å². The molecule has 0 unspecified atom stereocenters. The van der Waals surface area contributed by atoms with E-state index >= 15 is 0 Å². The summed E-state index contributed by atoms with van der Waals surface area (Å²) < 4.78 is 0.695. The summed E-state index contributed by atoms with van der Waals surface area (Å²) in [5.74, 6) is -0.263. The molecule has 0 aliphatic rings. The minimum absolute atomic E-state index is 0.263. The molecule has 0 aliphatic heterocycles. The average molecular weight is 318 g/mol. The lowest BCUT2D eigenvalue weighted by molar-refractivity contribution is 0.102. The highest BCUT2D eigenvalue weighted by molar-refractivity contribution is 9.10. The second-order valence-electron chi connectivity index (χ2n) is 2.89. The number of hydrogen-bond donors (Lipinski definition) is 1. The molecule has 0 bridgehead atoms. The van der Waals surface area contributed by atoms with E-state index in [9.17, 15) is 4.79 Å². The number of nitrogens with zero attached hydrogens (tertiary/aromatic N) is 1. The van der Waals surface area contributed by atoms with Crippen molar-refractivity contribution in [3.63, 3.8) is 0 Å². The van der Waals surface area contributed by atoms with Crippen LogP contribution in [-0.2, 0) is 0 Å². The Morgan fingerprint density at radius 3 is 3.00 bits per heavy atom. The van der Waals surface area contributed by atoms with Crippen LogP contribution in [0.1, 0.15) is 10.4 Å². The molecule has 6 heteroatoms. The molecule has 3 nitrogen and oxygen atoms in total. The van der Waals surface area contributed by atoms with Crippen LogP contribution in [0.5, 0.6) is 0 Å². The van der Waals surface area contributed by atoms with E-state index in [1.807, 2.05) is 0 Å². The molecule has 0 aliphatic carbocycles. The smallest absolute Gasteiger partial charge is 0.258 e. The summed E-state index contributed by atoms with van der Waals surface area (Å²) >= 11 is 10.6. The Bertz CT molecular complexity index is 516. The molecule has 1 N–H and O–H groups in total. The number of anilines is 1. The number of thiazole rings is 1. The summed E-state index contributed by atoms with van der Waals surface area (Å²) in [5.41, 5.74) is 0.422. The van der Waals surface area contributed by atoms with Crippen LogP contribution < -0.4 is 5.32 Å². The summed E-state index contributed by atoms with van der Waals surface area (Å²) in [6, 6.07) is 5.20. The number of halogens is 2. The van der Waals surface area contributed by atoms with E-state index in [0.717, 1.165) is 0 Å². The number of hydrogen-bond acceptors (Lipinski definition) is 3. The Kier molecular flexibility index (Phi) is 3.58. The third-order valence-corrected chi connectivity index (χ3v) is 3.83. The number of aromatic nitrogens is 1. The first-order chi connectivity index (χ1) is 7.68. The molecular formula is C10H6BrClN2OS. The predicted octanol–water partition coefficient (Wildman–Crippen LogP) is 3.81. The summed E-state index contributed by atoms with van der Waals surface area (Å²) in [7, 11) is 0. The molecule has 1 amide bonds. The quantitative estimate of drug-likeness (QED) is 0.915. The lowest BCUT2D eigenvalue weighted by Crippen LogP contribution is -2.12. The van der Waals surface area contributed by atoms with Crippen molar-refractivity contribution in [1.82, 2.24) is 4.98 Å². The molecule has 82 valence electrons. The molecule has 0 atom stereocenters. The lowest BCUT2D eigenvalue weighted by Gasteiger charge is -2.04. The minimum atomic E-state index is -0.263. The van der Waals surface area contributed by atoms with Gasteiger partial charge in [0.2, 0.25) is 0 Å². The maximum Gasteiger partial charge on any atom is 0.258 e. The molecule has 0 saturated carbocycles. The number of carbonyl (C=O) groups excluding carboxylic acids is 1. The SMILES string of the molecule is O=C(Nc1nccs1)c1cccc(Br)c1Cl. The van der Waals surface area contributed by atoms with Gasteiger partial charge in [-0.3, -0.25) is 10.1 Å². The number of carbonyl (C=O) groups is 1. The normalized spacial score (nSPS) is 10.1. The van der Waals surface area contributed by atoms with Gasteiger partial charge in [-0.1, -0.05) is 17.7 Å². The van der Waals surface area contributed by atoms with Crippen molar-refractivity contribution in [2.75, 3.05) is 5.32 Å². The Hall–Kier alpha value is -0.910. The van der Waals surface area contributed by atoms with Crippen molar-refractivity contribution < 1.29 is 4.79 Å². The van der Waals surface area contributed by atoms with Crippen molar-refractivity contribution in [2.45, 2.75) is 0 Å². The molecule has 16 heavy (non-hydrogen) atoms. The second kappa shape index (κ2) is 4.95. The first-order valence-corrected chi connectivity index (χ1v) is 6.38. The molecule has 0 spiro atoms.